The molecular weight excluding hydrogens is 342 g/mol. The first-order valence-electron chi connectivity index (χ1n) is 9.46. The molecule has 0 saturated carbocycles. The number of aromatic amines is 1. The van der Waals surface area contributed by atoms with Gasteiger partial charge in [-0.2, -0.15) is 0 Å². The summed E-state index contributed by atoms with van der Waals surface area (Å²) in [5.74, 6) is 0.622. The number of rotatable bonds is 5. The monoisotopic (exact) mass is 367 g/mol. The maximum absolute atomic E-state index is 13.0. The topological polar surface area (TPSA) is 65.6 Å². The van der Waals surface area contributed by atoms with Gasteiger partial charge in [0, 0.05) is 50.2 Å². The molecule has 2 bridgehead atoms. The summed E-state index contributed by atoms with van der Waals surface area (Å²) in [4.78, 5) is 32.5. The van der Waals surface area contributed by atoms with E-state index in [0.29, 0.717) is 18.8 Å². The van der Waals surface area contributed by atoms with Crippen molar-refractivity contribution in [2.24, 2.45) is 5.92 Å². The number of pyridine rings is 1. The van der Waals surface area contributed by atoms with Crippen LogP contribution < -0.4 is 10.2 Å². The molecule has 1 N–H and O–H groups in total. The van der Waals surface area contributed by atoms with Gasteiger partial charge in [-0.3, -0.25) is 14.5 Å². The highest BCUT2D eigenvalue weighted by Crippen LogP contribution is 2.31. The Morgan fingerprint density at radius 2 is 1.93 bits per heavy atom. The number of hydrogen-bond acceptors (Lipinski definition) is 4. The SMILES string of the molecule is COc1c[nH]c(CN2C[C@H]3CC[C@@H](C2)N(Cc2ccccc2)C3=O)cc1=O. The minimum Gasteiger partial charge on any atom is -0.491 e. The number of hydrogen-bond donors (Lipinski definition) is 1. The molecule has 3 aliphatic heterocycles. The summed E-state index contributed by atoms with van der Waals surface area (Å²) in [6.45, 7) is 2.89. The van der Waals surface area contributed by atoms with Crippen LogP contribution in [0.5, 0.6) is 5.75 Å². The summed E-state index contributed by atoms with van der Waals surface area (Å²) in [6.07, 6.45) is 3.60. The van der Waals surface area contributed by atoms with E-state index in [-0.39, 0.29) is 23.3 Å². The average Bonchev–Trinajstić information content (AvgIpc) is 2.94. The van der Waals surface area contributed by atoms with Crippen molar-refractivity contribution >= 4 is 5.91 Å². The van der Waals surface area contributed by atoms with Crippen LogP contribution in [0.1, 0.15) is 24.1 Å². The van der Waals surface area contributed by atoms with Gasteiger partial charge in [0.15, 0.2) is 5.75 Å². The number of amides is 1. The summed E-state index contributed by atoms with van der Waals surface area (Å²) in [6, 6.07) is 12.0. The molecule has 27 heavy (non-hydrogen) atoms. The first kappa shape index (κ1) is 17.8. The van der Waals surface area contributed by atoms with Crippen LogP contribution in [0.25, 0.3) is 0 Å². The van der Waals surface area contributed by atoms with E-state index >= 15 is 0 Å². The number of aromatic nitrogens is 1. The third kappa shape index (κ3) is 3.76. The lowest BCUT2D eigenvalue weighted by Crippen LogP contribution is -2.47. The van der Waals surface area contributed by atoms with Crippen molar-refractivity contribution in [1.82, 2.24) is 14.8 Å². The van der Waals surface area contributed by atoms with E-state index in [1.165, 1.54) is 12.7 Å². The summed E-state index contributed by atoms with van der Waals surface area (Å²) in [5.41, 5.74) is 1.90. The molecule has 142 valence electrons. The number of ether oxygens (including phenoxy) is 1. The fourth-order valence-corrected chi connectivity index (χ4v) is 4.24. The molecule has 0 radical (unpaired) electrons. The van der Waals surface area contributed by atoms with Crippen LogP contribution in [-0.2, 0) is 17.9 Å². The Bertz CT molecular complexity index is 864. The maximum atomic E-state index is 13.0. The third-order valence-electron chi connectivity index (χ3n) is 5.62. The van der Waals surface area contributed by atoms with Gasteiger partial charge < -0.3 is 14.6 Å². The molecule has 1 aromatic carbocycles. The Morgan fingerprint density at radius 1 is 1.11 bits per heavy atom. The third-order valence-corrected chi connectivity index (χ3v) is 5.62. The second-order valence-electron chi connectivity index (χ2n) is 7.46. The number of nitrogens with zero attached hydrogens (tertiary/aromatic N) is 2. The van der Waals surface area contributed by atoms with Crippen LogP contribution in [0.15, 0.2) is 47.4 Å². The molecule has 6 heteroatoms. The highest BCUT2D eigenvalue weighted by molar-refractivity contribution is 5.80. The average molecular weight is 367 g/mol. The van der Waals surface area contributed by atoms with Crippen molar-refractivity contribution in [3.8, 4) is 5.75 Å². The molecule has 3 saturated heterocycles. The molecule has 1 amide bonds. The number of methoxy groups -OCH3 is 1. The highest BCUT2D eigenvalue weighted by atomic mass is 16.5. The van der Waals surface area contributed by atoms with Gasteiger partial charge >= 0.3 is 0 Å². The van der Waals surface area contributed by atoms with E-state index in [1.54, 1.807) is 12.3 Å². The maximum Gasteiger partial charge on any atom is 0.227 e. The zero-order chi connectivity index (χ0) is 18.8. The lowest BCUT2D eigenvalue weighted by molar-refractivity contribution is -0.140. The van der Waals surface area contributed by atoms with Crippen molar-refractivity contribution in [2.45, 2.75) is 32.0 Å². The Balaban J connectivity index is 1.49. The smallest absolute Gasteiger partial charge is 0.227 e. The normalized spacial score (nSPS) is 22.7. The molecule has 3 fully saturated rings. The van der Waals surface area contributed by atoms with E-state index in [0.717, 1.165) is 31.6 Å². The predicted octanol–water partition coefficient (Wildman–Crippen LogP) is 2.01. The van der Waals surface area contributed by atoms with E-state index in [9.17, 15) is 9.59 Å². The Hall–Kier alpha value is -2.60. The molecule has 2 aromatic rings. The van der Waals surface area contributed by atoms with Gasteiger partial charge in [-0.1, -0.05) is 30.3 Å². The fraction of sp³-hybridized carbons (Fsp3) is 0.429. The summed E-state index contributed by atoms with van der Waals surface area (Å²) >= 11 is 0. The first-order valence-corrected chi connectivity index (χ1v) is 9.46. The second-order valence-corrected chi connectivity index (χ2v) is 7.46. The molecule has 2 atom stereocenters. The minimum atomic E-state index is -0.120. The van der Waals surface area contributed by atoms with Crippen molar-refractivity contribution < 1.29 is 9.53 Å². The van der Waals surface area contributed by atoms with Crippen LogP contribution in [0.3, 0.4) is 0 Å². The van der Waals surface area contributed by atoms with Gasteiger partial charge in [0.05, 0.1) is 13.0 Å². The van der Waals surface area contributed by atoms with Crippen molar-refractivity contribution in [2.75, 3.05) is 20.2 Å². The van der Waals surface area contributed by atoms with Crippen LogP contribution >= 0.6 is 0 Å². The van der Waals surface area contributed by atoms with Crippen molar-refractivity contribution in [3.63, 3.8) is 0 Å². The highest BCUT2D eigenvalue weighted by Gasteiger charge is 2.40. The molecule has 3 aliphatic rings. The van der Waals surface area contributed by atoms with Gasteiger partial charge in [0.25, 0.3) is 0 Å². The Kier molecular flexibility index (Phi) is 4.99. The zero-order valence-corrected chi connectivity index (χ0v) is 15.6. The van der Waals surface area contributed by atoms with Gasteiger partial charge in [0.2, 0.25) is 11.3 Å². The lowest BCUT2D eigenvalue weighted by atomic mass is 9.93. The van der Waals surface area contributed by atoms with E-state index < -0.39 is 0 Å². The van der Waals surface area contributed by atoms with Crippen LogP contribution in [0.2, 0.25) is 0 Å². The minimum absolute atomic E-state index is 0.0393. The molecule has 0 unspecified atom stereocenters. The van der Waals surface area contributed by atoms with Crippen LogP contribution in [0.4, 0.5) is 0 Å². The standard InChI is InChI=1S/C21H25N3O3/c1-27-20-10-22-17(9-19(20)25)13-23-12-16-7-8-18(14-23)24(21(16)26)11-15-5-3-2-4-6-15/h2-6,9-10,16,18H,7-8,11-14H2,1H3,(H,22,25)/t16-,18+/m1/s1. The zero-order valence-electron chi connectivity index (χ0n) is 15.6. The molecule has 1 aromatic heterocycles. The van der Waals surface area contributed by atoms with Gasteiger partial charge in [0.1, 0.15) is 0 Å². The second kappa shape index (κ2) is 7.56. The number of carbonyl (C=O) groups is 1. The molecule has 0 aliphatic carbocycles. The van der Waals surface area contributed by atoms with Crippen LogP contribution in [-0.4, -0.2) is 46.9 Å². The summed E-state index contributed by atoms with van der Waals surface area (Å²) < 4.78 is 5.03. The van der Waals surface area contributed by atoms with Crippen molar-refractivity contribution in [3.05, 3.63) is 64.1 Å². The quantitative estimate of drug-likeness (QED) is 0.878. The van der Waals surface area contributed by atoms with E-state index in [4.69, 9.17) is 4.74 Å². The molecule has 5 rings (SSSR count). The Labute approximate surface area is 158 Å². The molecule has 6 nitrogen and oxygen atoms in total. The van der Waals surface area contributed by atoms with Crippen molar-refractivity contribution in [1.29, 1.82) is 0 Å². The summed E-state index contributed by atoms with van der Waals surface area (Å²) in [7, 11) is 1.49. The van der Waals surface area contributed by atoms with Gasteiger partial charge in [-0.25, -0.2) is 0 Å². The van der Waals surface area contributed by atoms with E-state index in [2.05, 4.69) is 26.9 Å². The number of benzene rings is 1. The number of fused-ring (bicyclic) bond motifs is 4. The summed E-state index contributed by atoms with van der Waals surface area (Å²) in [5, 5.41) is 0. The number of H-pyrrole nitrogens is 1. The number of piperidine rings is 1. The fourth-order valence-electron chi connectivity index (χ4n) is 4.24. The van der Waals surface area contributed by atoms with Crippen LogP contribution in [0, 0.1) is 5.92 Å². The van der Waals surface area contributed by atoms with Gasteiger partial charge in [-0.05, 0) is 18.4 Å². The lowest BCUT2D eigenvalue weighted by Gasteiger charge is -2.36. The van der Waals surface area contributed by atoms with Gasteiger partial charge in [-0.15, -0.1) is 0 Å². The number of carbonyl (C=O) groups excluding carboxylic acids is 1. The molecule has 4 heterocycles. The Morgan fingerprint density at radius 3 is 2.67 bits per heavy atom. The largest absolute Gasteiger partial charge is 0.491 e. The number of nitrogens with one attached hydrogen (secondary N) is 1. The molecule has 0 spiro atoms. The molecular formula is C21H25N3O3. The van der Waals surface area contributed by atoms with E-state index in [1.807, 2.05) is 18.2 Å². The predicted molar refractivity (Wildman–Crippen MR) is 102 cm³/mol. The first-order chi connectivity index (χ1) is 13.1.